The van der Waals surface area contributed by atoms with Crippen LogP contribution in [0.1, 0.15) is 58.3 Å². The largest absolute Gasteiger partial charge is 0.550 e. The number of aromatic nitrogens is 2. The van der Waals surface area contributed by atoms with E-state index < -0.39 is 5.97 Å². The zero-order valence-corrected chi connectivity index (χ0v) is 13.6. The summed E-state index contributed by atoms with van der Waals surface area (Å²) in [6.45, 7) is 5.88. The van der Waals surface area contributed by atoms with Gasteiger partial charge in [-0.2, -0.15) is 0 Å². The van der Waals surface area contributed by atoms with Gasteiger partial charge in [0.25, 0.3) is 0 Å². The van der Waals surface area contributed by atoms with Crippen molar-refractivity contribution in [2.24, 2.45) is 7.05 Å². The third-order valence-corrected chi connectivity index (χ3v) is 3.15. The Morgan fingerprint density at radius 1 is 1.19 bits per heavy atom. The lowest BCUT2D eigenvalue weighted by Gasteiger charge is -2.00. The first-order chi connectivity index (χ1) is 10.1. The number of carboxylic acid groups (broad SMARTS) is 1. The Hall–Kier alpha value is -1.58. The van der Waals surface area contributed by atoms with E-state index in [1.165, 1.54) is 51.4 Å². The fraction of sp³-hybridized carbons (Fsp3) is 0.647. The fourth-order valence-corrected chi connectivity index (χ4v) is 2.10. The van der Waals surface area contributed by atoms with Crippen LogP contribution >= 0.6 is 0 Å². The minimum absolute atomic E-state index is 0.972. The van der Waals surface area contributed by atoms with Crippen LogP contribution in [0.3, 0.4) is 0 Å². The number of imidazole rings is 1. The van der Waals surface area contributed by atoms with Crippen LogP contribution in [0.4, 0.5) is 0 Å². The Labute approximate surface area is 129 Å². The molecular weight excluding hydrogens is 264 g/mol. The Balaban J connectivity index is 0.000000885. The summed E-state index contributed by atoms with van der Waals surface area (Å²) >= 11 is 0. The van der Waals surface area contributed by atoms with Gasteiger partial charge >= 0.3 is 0 Å². The molecule has 4 nitrogen and oxygen atoms in total. The molecule has 0 aliphatic heterocycles. The lowest BCUT2D eigenvalue weighted by atomic mass is 10.1. The summed E-state index contributed by atoms with van der Waals surface area (Å²) < 4.78 is 4.36. The highest BCUT2D eigenvalue weighted by Crippen LogP contribution is 2.09. The molecule has 0 radical (unpaired) electrons. The SMILES string of the molecule is C=CCCCCCCCCCn1cc[n+](C)c1.CC(=O)[O-]. The number of aryl methyl sites for hydroxylation is 2. The zero-order chi connectivity index (χ0) is 15.9. The van der Waals surface area contributed by atoms with Gasteiger partial charge in [0.15, 0.2) is 0 Å². The Bertz CT molecular complexity index is 382. The third-order valence-electron chi connectivity index (χ3n) is 3.15. The summed E-state index contributed by atoms with van der Waals surface area (Å²) in [5.74, 6) is -1.08. The van der Waals surface area contributed by atoms with Crippen LogP contribution in [0, 0.1) is 0 Å². The molecule has 0 aliphatic rings. The molecule has 1 aromatic rings. The Kier molecular flexibility index (Phi) is 12.4. The van der Waals surface area contributed by atoms with Crippen LogP contribution in [0.15, 0.2) is 31.4 Å². The van der Waals surface area contributed by atoms with Gasteiger partial charge in [0, 0.05) is 5.97 Å². The van der Waals surface area contributed by atoms with Gasteiger partial charge in [-0.05, 0) is 32.6 Å². The molecule has 0 N–H and O–H groups in total. The van der Waals surface area contributed by atoms with E-state index in [1.54, 1.807) is 0 Å². The predicted molar refractivity (Wildman–Crippen MR) is 83.4 cm³/mol. The quantitative estimate of drug-likeness (QED) is 0.378. The number of carbonyl (C=O) groups excluding carboxylic acids is 1. The number of rotatable bonds is 10. The minimum Gasteiger partial charge on any atom is -0.550 e. The van der Waals surface area contributed by atoms with Gasteiger partial charge in [0.2, 0.25) is 6.33 Å². The second-order valence-electron chi connectivity index (χ2n) is 5.36. The average Bonchev–Trinajstić information content (AvgIpc) is 2.82. The molecule has 0 aromatic carbocycles. The minimum atomic E-state index is -1.08. The van der Waals surface area contributed by atoms with Crippen LogP contribution in [0.2, 0.25) is 0 Å². The molecular formula is C17H30N2O2. The van der Waals surface area contributed by atoms with Crippen LogP contribution < -0.4 is 9.67 Å². The first-order valence-corrected chi connectivity index (χ1v) is 7.85. The fourth-order valence-electron chi connectivity index (χ4n) is 2.10. The molecule has 0 fully saturated rings. The second-order valence-corrected chi connectivity index (χ2v) is 5.36. The van der Waals surface area contributed by atoms with E-state index in [1.807, 2.05) is 6.08 Å². The smallest absolute Gasteiger partial charge is 0.243 e. The molecule has 1 heterocycles. The first kappa shape index (κ1) is 19.4. The summed E-state index contributed by atoms with van der Waals surface area (Å²) in [5.41, 5.74) is 0. The number of allylic oxidation sites excluding steroid dienone is 1. The predicted octanol–water partition coefficient (Wildman–Crippen LogP) is 2.38. The van der Waals surface area contributed by atoms with Crippen molar-refractivity contribution in [2.45, 2.75) is 64.8 Å². The Morgan fingerprint density at radius 3 is 2.19 bits per heavy atom. The maximum atomic E-state index is 8.89. The number of unbranched alkanes of at least 4 members (excludes halogenated alkanes) is 7. The monoisotopic (exact) mass is 294 g/mol. The molecule has 1 aromatic heterocycles. The van der Waals surface area contributed by atoms with E-state index in [2.05, 4.69) is 41.5 Å². The molecule has 0 amide bonds. The van der Waals surface area contributed by atoms with Crippen molar-refractivity contribution in [3.8, 4) is 0 Å². The highest BCUT2D eigenvalue weighted by molar-refractivity contribution is 5.60. The maximum Gasteiger partial charge on any atom is 0.243 e. The van der Waals surface area contributed by atoms with Crippen molar-refractivity contribution in [2.75, 3.05) is 0 Å². The topological polar surface area (TPSA) is 48.9 Å². The molecule has 0 saturated heterocycles. The van der Waals surface area contributed by atoms with E-state index >= 15 is 0 Å². The van der Waals surface area contributed by atoms with E-state index in [0.717, 1.165) is 13.5 Å². The summed E-state index contributed by atoms with van der Waals surface area (Å²) in [6, 6.07) is 0. The highest BCUT2D eigenvalue weighted by Gasteiger charge is 1.99. The molecule has 0 saturated carbocycles. The van der Waals surface area contributed by atoms with Gasteiger partial charge in [0.1, 0.15) is 12.4 Å². The first-order valence-electron chi connectivity index (χ1n) is 7.85. The van der Waals surface area contributed by atoms with E-state index in [0.29, 0.717) is 0 Å². The molecule has 0 unspecified atom stereocenters. The van der Waals surface area contributed by atoms with Crippen molar-refractivity contribution in [3.63, 3.8) is 0 Å². The van der Waals surface area contributed by atoms with Gasteiger partial charge in [-0.1, -0.05) is 31.8 Å². The van der Waals surface area contributed by atoms with Gasteiger partial charge in [-0.25, -0.2) is 9.13 Å². The van der Waals surface area contributed by atoms with Gasteiger partial charge in [0.05, 0.1) is 13.6 Å². The number of carbonyl (C=O) groups is 1. The van der Waals surface area contributed by atoms with Crippen molar-refractivity contribution < 1.29 is 14.5 Å². The highest BCUT2D eigenvalue weighted by atomic mass is 16.4. The average molecular weight is 294 g/mol. The van der Waals surface area contributed by atoms with Crippen molar-refractivity contribution >= 4 is 5.97 Å². The maximum absolute atomic E-state index is 8.89. The van der Waals surface area contributed by atoms with Crippen molar-refractivity contribution in [3.05, 3.63) is 31.4 Å². The summed E-state index contributed by atoms with van der Waals surface area (Å²) in [7, 11) is 2.07. The lowest BCUT2D eigenvalue weighted by Crippen LogP contribution is -2.23. The number of carboxylic acids is 1. The number of nitrogens with zero attached hydrogens (tertiary/aromatic N) is 2. The molecule has 0 aliphatic carbocycles. The van der Waals surface area contributed by atoms with Gasteiger partial charge < -0.3 is 9.90 Å². The molecule has 21 heavy (non-hydrogen) atoms. The van der Waals surface area contributed by atoms with Crippen LogP contribution in [0.5, 0.6) is 0 Å². The van der Waals surface area contributed by atoms with Crippen molar-refractivity contribution in [1.82, 2.24) is 4.57 Å². The number of hydrogen-bond acceptors (Lipinski definition) is 2. The van der Waals surface area contributed by atoms with Crippen molar-refractivity contribution in [1.29, 1.82) is 0 Å². The number of hydrogen-bond donors (Lipinski definition) is 0. The number of aliphatic carboxylic acids is 1. The molecule has 1 rings (SSSR count). The summed E-state index contributed by atoms with van der Waals surface area (Å²) in [6.07, 6.45) is 19.2. The third kappa shape index (κ3) is 14.6. The molecule has 0 atom stereocenters. The van der Waals surface area contributed by atoms with Gasteiger partial charge in [-0.15, -0.1) is 6.58 Å². The lowest BCUT2D eigenvalue weighted by molar-refractivity contribution is -0.671. The van der Waals surface area contributed by atoms with Crippen LogP contribution in [-0.4, -0.2) is 10.5 Å². The molecule has 0 spiro atoms. The molecule has 4 heteroatoms. The zero-order valence-electron chi connectivity index (χ0n) is 13.6. The second kappa shape index (κ2) is 13.4. The summed E-state index contributed by atoms with van der Waals surface area (Å²) in [5, 5.41) is 8.89. The van der Waals surface area contributed by atoms with E-state index in [4.69, 9.17) is 9.90 Å². The van der Waals surface area contributed by atoms with E-state index in [9.17, 15) is 0 Å². The standard InChI is InChI=1S/C15H27N2.C2H4O2/c1-3-4-5-6-7-8-9-10-11-12-17-14-13-16(2)15-17;1-2(3)4/h3,13-15H,1,4-12H2,2H3;1H3,(H,3,4)/q+1;/p-1. The summed E-state index contributed by atoms with van der Waals surface area (Å²) in [4.78, 5) is 8.89. The molecule has 120 valence electrons. The molecule has 0 bridgehead atoms. The van der Waals surface area contributed by atoms with E-state index in [-0.39, 0.29) is 0 Å². The van der Waals surface area contributed by atoms with Crippen LogP contribution in [-0.2, 0) is 18.4 Å². The van der Waals surface area contributed by atoms with Gasteiger partial charge in [-0.3, -0.25) is 0 Å². The normalized spacial score (nSPS) is 9.81. The van der Waals surface area contributed by atoms with Crippen LogP contribution in [0.25, 0.3) is 0 Å². The Morgan fingerprint density at radius 2 is 1.71 bits per heavy atom.